The minimum Gasteiger partial charge on any atom is -0.383 e. The summed E-state index contributed by atoms with van der Waals surface area (Å²) in [4.78, 5) is 20.6. The molecule has 4 aromatic rings. The molecule has 0 fully saturated rings. The van der Waals surface area contributed by atoms with Crippen molar-refractivity contribution in [2.45, 2.75) is 32.7 Å². The molecule has 0 aliphatic carbocycles. The van der Waals surface area contributed by atoms with Crippen molar-refractivity contribution >= 4 is 34.4 Å². The zero-order valence-corrected chi connectivity index (χ0v) is 18.3. The molecule has 0 saturated heterocycles. The quantitative estimate of drug-likeness (QED) is 0.399. The van der Waals surface area contributed by atoms with Crippen LogP contribution in [0.15, 0.2) is 41.3 Å². The first-order valence-corrected chi connectivity index (χ1v) is 10.1. The SMILES string of the molecule is C#CCn1cc(-c2ccc(NC(=O)Nc3cc(C(C)(C)C)on3)c(F)c2)c2c(N)ncnc21. The first-order valence-electron chi connectivity index (χ1n) is 10.1. The molecule has 0 aliphatic rings. The molecule has 2 amide bonds. The molecule has 1 aromatic carbocycles. The van der Waals surface area contributed by atoms with Gasteiger partial charge in [0.05, 0.1) is 17.6 Å². The fourth-order valence-electron chi connectivity index (χ4n) is 3.33. The lowest BCUT2D eigenvalue weighted by Gasteiger charge is -2.12. The van der Waals surface area contributed by atoms with Crippen molar-refractivity contribution in [1.29, 1.82) is 0 Å². The maximum atomic E-state index is 14.9. The maximum absolute atomic E-state index is 14.9. The molecule has 3 aromatic heterocycles. The normalized spacial score (nSPS) is 11.4. The summed E-state index contributed by atoms with van der Waals surface area (Å²) < 4.78 is 21.8. The van der Waals surface area contributed by atoms with Gasteiger partial charge in [-0.1, -0.05) is 37.9 Å². The van der Waals surface area contributed by atoms with Gasteiger partial charge in [-0.05, 0) is 17.7 Å². The van der Waals surface area contributed by atoms with Crippen LogP contribution in [0.3, 0.4) is 0 Å². The number of terminal acetylenes is 1. The van der Waals surface area contributed by atoms with Crippen molar-refractivity contribution in [3.05, 3.63) is 48.4 Å². The van der Waals surface area contributed by atoms with Gasteiger partial charge >= 0.3 is 6.03 Å². The second-order valence-corrected chi connectivity index (χ2v) is 8.43. The van der Waals surface area contributed by atoms with Crippen molar-refractivity contribution in [1.82, 2.24) is 19.7 Å². The molecular weight excluding hydrogens is 425 g/mol. The van der Waals surface area contributed by atoms with Crippen LogP contribution in [0.5, 0.6) is 0 Å². The Morgan fingerprint density at radius 3 is 2.73 bits per heavy atom. The summed E-state index contributed by atoms with van der Waals surface area (Å²) in [6.07, 6.45) is 8.54. The van der Waals surface area contributed by atoms with Crippen molar-refractivity contribution in [3.63, 3.8) is 0 Å². The highest BCUT2D eigenvalue weighted by Crippen LogP contribution is 2.34. The molecule has 3 heterocycles. The lowest BCUT2D eigenvalue weighted by atomic mass is 9.93. The molecule has 0 bridgehead atoms. The number of hydrogen-bond donors (Lipinski definition) is 3. The summed E-state index contributed by atoms with van der Waals surface area (Å²) in [7, 11) is 0. The Kier molecular flexibility index (Phi) is 5.47. The highest BCUT2D eigenvalue weighted by molar-refractivity contribution is 6.02. The zero-order valence-electron chi connectivity index (χ0n) is 18.3. The molecule has 0 saturated carbocycles. The summed E-state index contributed by atoms with van der Waals surface area (Å²) >= 11 is 0. The minimum atomic E-state index is -0.654. The number of nitrogens with one attached hydrogen (secondary N) is 2. The smallest absolute Gasteiger partial charge is 0.325 e. The van der Waals surface area contributed by atoms with Crippen LogP contribution in [0.25, 0.3) is 22.2 Å². The van der Waals surface area contributed by atoms with Crippen LogP contribution < -0.4 is 16.4 Å². The van der Waals surface area contributed by atoms with Gasteiger partial charge in [0, 0.05) is 23.2 Å². The molecule has 4 rings (SSSR count). The summed E-state index contributed by atoms with van der Waals surface area (Å²) in [6, 6.07) is 5.38. The zero-order chi connectivity index (χ0) is 23.8. The van der Waals surface area contributed by atoms with Crippen molar-refractivity contribution in [3.8, 4) is 23.5 Å². The standard InChI is InChI=1S/C23H22FN7O2/c1-5-8-31-11-14(19-20(25)26-12-27-21(19)31)13-6-7-16(15(24)9-13)28-22(32)29-18-10-17(33-30-18)23(2,3)4/h1,6-7,9-12H,8H2,2-4H3,(H2,25,26,27)(H2,28,29,30,32). The Balaban J connectivity index is 1.57. The fourth-order valence-corrected chi connectivity index (χ4v) is 3.33. The third-order valence-corrected chi connectivity index (χ3v) is 4.96. The van der Waals surface area contributed by atoms with E-state index >= 15 is 0 Å². The lowest BCUT2D eigenvalue weighted by Crippen LogP contribution is -2.20. The summed E-state index contributed by atoms with van der Waals surface area (Å²) in [5.74, 6) is 3.02. The third kappa shape index (κ3) is 4.34. The predicted octanol–water partition coefficient (Wildman–Crippen LogP) is 4.38. The Bertz CT molecular complexity index is 1390. The van der Waals surface area contributed by atoms with E-state index in [2.05, 4.69) is 31.7 Å². The third-order valence-electron chi connectivity index (χ3n) is 4.96. The number of anilines is 3. The second kappa shape index (κ2) is 8.27. The number of urea groups is 1. The number of nitrogens with zero attached hydrogens (tertiary/aromatic N) is 4. The molecule has 33 heavy (non-hydrogen) atoms. The number of fused-ring (bicyclic) bond motifs is 1. The van der Waals surface area contributed by atoms with Gasteiger partial charge in [-0.3, -0.25) is 5.32 Å². The van der Waals surface area contributed by atoms with Gasteiger partial charge in [-0.2, -0.15) is 0 Å². The molecule has 0 radical (unpaired) electrons. The fraction of sp³-hybridized carbons (Fsp3) is 0.217. The van der Waals surface area contributed by atoms with E-state index in [1.807, 2.05) is 20.8 Å². The van der Waals surface area contributed by atoms with Gasteiger partial charge < -0.3 is 20.1 Å². The van der Waals surface area contributed by atoms with Crippen molar-refractivity contribution in [2.75, 3.05) is 16.4 Å². The van der Waals surface area contributed by atoms with E-state index in [1.165, 1.54) is 18.5 Å². The first kappa shape index (κ1) is 21.8. The van der Waals surface area contributed by atoms with E-state index in [-0.39, 0.29) is 29.3 Å². The highest BCUT2D eigenvalue weighted by Gasteiger charge is 2.21. The van der Waals surface area contributed by atoms with Crippen LogP contribution in [0, 0.1) is 18.2 Å². The van der Waals surface area contributed by atoms with Gasteiger partial charge in [-0.25, -0.2) is 19.2 Å². The number of amides is 2. The van der Waals surface area contributed by atoms with E-state index in [9.17, 15) is 9.18 Å². The lowest BCUT2D eigenvalue weighted by molar-refractivity contribution is 0.261. The van der Waals surface area contributed by atoms with Gasteiger partial charge in [0.1, 0.15) is 29.4 Å². The average Bonchev–Trinajstić information content (AvgIpc) is 3.36. The van der Waals surface area contributed by atoms with E-state index in [4.69, 9.17) is 16.7 Å². The number of aromatic nitrogens is 4. The molecule has 9 nitrogen and oxygen atoms in total. The van der Waals surface area contributed by atoms with Gasteiger partial charge in [0.25, 0.3) is 0 Å². The van der Waals surface area contributed by atoms with Crippen molar-refractivity contribution in [2.24, 2.45) is 0 Å². The number of carbonyl (C=O) groups is 1. The maximum Gasteiger partial charge on any atom is 0.325 e. The Labute approximate surface area is 189 Å². The molecule has 0 aliphatic heterocycles. The van der Waals surface area contributed by atoms with Crippen LogP contribution in [0.2, 0.25) is 0 Å². The van der Waals surface area contributed by atoms with E-state index in [1.54, 1.807) is 22.9 Å². The number of nitrogens with two attached hydrogens (primary N) is 1. The monoisotopic (exact) mass is 447 g/mol. The number of halogens is 1. The number of benzene rings is 1. The molecule has 0 spiro atoms. The van der Waals surface area contributed by atoms with Gasteiger partial charge in [-0.15, -0.1) is 6.42 Å². The van der Waals surface area contributed by atoms with Gasteiger partial charge in [0.15, 0.2) is 5.82 Å². The van der Waals surface area contributed by atoms with Crippen LogP contribution in [-0.2, 0) is 12.0 Å². The number of carbonyl (C=O) groups excluding carboxylic acids is 1. The largest absolute Gasteiger partial charge is 0.383 e. The minimum absolute atomic E-state index is 0.00706. The summed E-state index contributed by atoms with van der Waals surface area (Å²) in [6.45, 7) is 6.14. The average molecular weight is 447 g/mol. The van der Waals surface area contributed by atoms with E-state index in [0.717, 1.165) is 0 Å². The van der Waals surface area contributed by atoms with Crippen LogP contribution in [0.1, 0.15) is 26.5 Å². The van der Waals surface area contributed by atoms with Crippen molar-refractivity contribution < 1.29 is 13.7 Å². The number of rotatable bonds is 4. The first-order chi connectivity index (χ1) is 15.7. The van der Waals surface area contributed by atoms with Gasteiger partial charge in [0.2, 0.25) is 0 Å². The Hall–Kier alpha value is -4.39. The molecular formula is C23H22FN7O2. The second-order valence-electron chi connectivity index (χ2n) is 8.43. The van der Waals surface area contributed by atoms with E-state index < -0.39 is 11.8 Å². The number of hydrogen-bond acceptors (Lipinski definition) is 6. The molecule has 168 valence electrons. The molecule has 0 atom stereocenters. The Morgan fingerprint density at radius 1 is 1.27 bits per heavy atom. The number of nitrogen functional groups attached to an aromatic ring is 1. The molecule has 0 unspecified atom stereocenters. The molecule has 4 N–H and O–H groups in total. The topological polar surface area (TPSA) is 124 Å². The molecule has 10 heteroatoms. The van der Waals surface area contributed by atoms with Crippen LogP contribution in [-0.4, -0.2) is 25.7 Å². The summed E-state index contributed by atoms with van der Waals surface area (Å²) in [5.41, 5.74) is 7.50. The highest BCUT2D eigenvalue weighted by atomic mass is 19.1. The van der Waals surface area contributed by atoms with Crippen LogP contribution >= 0.6 is 0 Å². The summed E-state index contributed by atoms with van der Waals surface area (Å²) in [5, 5.41) is 9.39. The van der Waals surface area contributed by atoms with Crippen LogP contribution in [0.4, 0.5) is 26.5 Å². The predicted molar refractivity (Wildman–Crippen MR) is 124 cm³/mol. The van der Waals surface area contributed by atoms with E-state index in [0.29, 0.717) is 27.9 Å². The Morgan fingerprint density at radius 2 is 2.06 bits per heavy atom.